The minimum atomic E-state index is 0.551. The fourth-order valence-electron chi connectivity index (χ4n) is 1.25. The van der Waals surface area contributed by atoms with E-state index in [9.17, 15) is 0 Å². The Bertz CT molecular complexity index is 217. The Balaban J connectivity index is 3.44. The molecule has 4 heteroatoms. The largest absolute Gasteiger partial charge is 0.370 e. The van der Waals surface area contributed by atoms with Gasteiger partial charge in [0.15, 0.2) is 5.96 Å². The van der Waals surface area contributed by atoms with E-state index in [1.54, 1.807) is 0 Å². The van der Waals surface area contributed by atoms with Crippen molar-refractivity contribution in [1.82, 2.24) is 5.32 Å². The lowest BCUT2D eigenvalue weighted by Gasteiger charge is -2.03. The van der Waals surface area contributed by atoms with Gasteiger partial charge in [-0.1, -0.05) is 18.1 Å². The number of hydrogen-bond acceptors (Lipinski definition) is 2. The molecule has 0 atom stereocenters. The van der Waals surface area contributed by atoms with Crippen LogP contribution in [-0.4, -0.2) is 25.6 Å². The quantitative estimate of drug-likeness (QED) is 0.253. The molecule has 94 valence electrons. The molecule has 0 amide bonds. The molecule has 0 radical (unpaired) electrons. The van der Waals surface area contributed by atoms with Crippen LogP contribution in [0.2, 0.25) is 0 Å². The highest BCUT2D eigenvalue weighted by atomic mass is 15.1. The molecule has 0 heterocycles. The minimum absolute atomic E-state index is 0.551. The molecule has 0 bridgehead atoms. The second kappa shape index (κ2) is 10.5. The summed E-state index contributed by atoms with van der Waals surface area (Å²) in [6.45, 7) is 6.59. The first-order valence-corrected chi connectivity index (χ1v) is 6.04. The maximum Gasteiger partial charge on any atom is 0.188 e. The molecule has 5 N–H and O–H groups in total. The summed E-state index contributed by atoms with van der Waals surface area (Å²) in [4.78, 5) is 4.23. The normalized spacial score (nSPS) is 11.3. The predicted molar refractivity (Wildman–Crippen MR) is 71.4 cm³/mol. The summed E-state index contributed by atoms with van der Waals surface area (Å²) in [5, 5.41) is 3.09. The van der Waals surface area contributed by atoms with Gasteiger partial charge >= 0.3 is 0 Å². The van der Waals surface area contributed by atoms with E-state index in [0.717, 1.165) is 45.3 Å². The zero-order valence-electron chi connectivity index (χ0n) is 10.6. The second-order valence-corrected chi connectivity index (χ2v) is 4.11. The predicted octanol–water partition coefficient (Wildman–Crippen LogP) is 1.38. The van der Waals surface area contributed by atoms with Crippen LogP contribution in [0.1, 0.15) is 39.5 Å². The number of nitrogens with zero attached hydrogens (tertiary/aromatic N) is 1. The molecule has 0 saturated heterocycles. The Kier molecular flexibility index (Phi) is 9.81. The number of nitrogens with one attached hydrogen (secondary N) is 1. The van der Waals surface area contributed by atoms with E-state index in [2.05, 4.69) is 30.2 Å². The van der Waals surface area contributed by atoms with Gasteiger partial charge in [-0.15, -0.1) is 0 Å². The van der Waals surface area contributed by atoms with Crippen LogP contribution in [0.4, 0.5) is 0 Å². The summed E-state index contributed by atoms with van der Waals surface area (Å²) < 4.78 is 0. The fraction of sp³-hybridized carbons (Fsp3) is 0.750. The number of hydrogen-bond donors (Lipinski definition) is 3. The van der Waals surface area contributed by atoms with Crippen molar-refractivity contribution in [2.45, 2.75) is 39.5 Å². The average Bonchev–Trinajstić information content (AvgIpc) is 2.24. The van der Waals surface area contributed by atoms with Crippen molar-refractivity contribution in [2.75, 3.05) is 19.6 Å². The molecular weight excluding hydrogens is 200 g/mol. The lowest BCUT2D eigenvalue weighted by Crippen LogP contribution is -2.32. The van der Waals surface area contributed by atoms with Crippen LogP contribution in [0.3, 0.4) is 0 Å². The summed E-state index contributed by atoms with van der Waals surface area (Å²) in [6.07, 6.45) is 6.44. The van der Waals surface area contributed by atoms with Gasteiger partial charge in [0.25, 0.3) is 0 Å². The van der Waals surface area contributed by atoms with Crippen LogP contribution in [0.15, 0.2) is 16.6 Å². The summed E-state index contributed by atoms with van der Waals surface area (Å²) in [5.74, 6) is 0.551. The maximum atomic E-state index is 5.70. The molecule has 0 fully saturated rings. The molecule has 0 aliphatic heterocycles. The van der Waals surface area contributed by atoms with Crippen molar-refractivity contribution in [3.8, 4) is 0 Å². The Morgan fingerprint density at radius 2 is 2.00 bits per heavy atom. The fourth-order valence-corrected chi connectivity index (χ4v) is 1.25. The lowest BCUT2D eigenvalue weighted by atomic mass is 10.2. The Morgan fingerprint density at radius 1 is 1.25 bits per heavy atom. The van der Waals surface area contributed by atoms with E-state index >= 15 is 0 Å². The topological polar surface area (TPSA) is 76.4 Å². The van der Waals surface area contributed by atoms with Crippen molar-refractivity contribution in [1.29, 1.82) is 0 Å². The van der Waals surface area contributed by atoms with Gasteiger partial charge in [0.2, 0.25) is 0 Å². The SMILES string of the molecule is CC(C)=CCCNC(N)=NCCCCCN. The molecule has 0 spiro atoms. The van der Waals surface area contributed by atoms with E-state index in [1.807, 2.05) is 0 Å². The third kappa shape index (κ3) is 11.0. The van der Waals surface area contributed by atoms with Gasteiger partial charge in [0, 0.05) is 13.1 Å². The number of aliphatic imine (C=N–C) groups is 1. The molecular formula is C12H26N4. The van der Waals surface area contributed by atoms with Crippen molar-refractivity contribution < 1.29 is 0 Å². The van der Waals surface area contributed by atoms with Gasteiger partial charge in [-0.05, 0) is 39.7 Å². The third-order valence-electron chi connectivity index (χ3n) is 2.15. The number of guanidine groups is 1. The molecule has 0 aliphatic rings. The van der Waals surface area contributed by atoms with Crippen LogP contribution in [0, 0.1) is 0 Å². The molecule has 0 unspecified atom stereocenters. The highest BCUT2D eigenvalue weighted by molar-refractivity contribution is 5.77. The van der Waals surface area contributed by atoms with Gasteiger partial charge in [-0.25, -0.2) is 0 Å². The second-order valence-electron chi connectivity index (χ2n) is 4.11. The van der Waals surface area contributed by atoms with Gasteiger partial charge in [-0.2, -0.15) is 0 Å². The van der Waals surface area contributed by atoms with Crippen molar-refractivity contribution in [3.63, 3.8) is 0 Å². The first-order valence-electron chi connectivity index (χ1n) is 6.04. The van der Waals surface area contributed by atoms with Crippen molar-refractivity contribution in [2.24, 2.45) is 16.5 Å². The van der Waals surface area contributed by atoms with E-state index in [1.165, 1.54) is 5.57 Å². The smallest absolute Gasteiger partial charge is 0.188 e. The maximum absolute atomic E-state index is 5.70. The summed E-state index contributed by atoms with van der Waals surface area (Å²) in [6, 6.07) is 0. The zero-order valence-corrected chi connectivity index (χ0v) is 10.6. The van der Waals surface area contributed by atoms with Crippen LogP contribution in [0.5, 0.6) is 0 Å². The summed E-state index contributed by atoms with van der Waals surface area (Å²) in [5.41, 5.74) is 12.4. The van der Waals surface area contributed by atoms with Gasteiger partial charge in [0.1, 0.15) is 0 Å². The van der Waals surface area contributed by atoms with Crippen LogP contribution < -0.4 is 16.8 Å². The summed E-state index contributed by atoms with van der Waals surface area (Å²) >= 11 is 0. The number of rotatable bonds is 8. The molecule has 0 rings (SSSR count). The van der Waals surface area contributed by atoms with Gasteiger partial charge < -0.3 is 16.8 Å². The molecule has 0 aromatic heterocycles. The molecule has 0 saturated carbocycles. The van der Waals surface area contributed by atoms with Crippen LogP contribution in [-0.2, 0) is 0 Å². The van der Waals surface area contributed by atoms with Gasteiger partial charge in [-0.3, -0.25) is 4.99 Å². The molecule has 4 nitrogen and oxygen atoms in total. The van der Waals surface area contributed by atoms with E-state index in [4.69, 9.17) is 11.5 Å². The highest BCUT2D eigenvalue weighted by Gasteiger charge is 1.90. The number of nitrogens with two attached hydrogens (primary N) is 2. The Hall–Kier alpha value is -1.03. The monoisotopic (exact) mass is 226 g/mol. The zero-order chi connectivity index (χ0) is 12.2. The van der Waals surface area contributed by atoms with Crippen molar-refractivity contribution >= 4 is 5.96 Å². The molecule has 0 aliphatic carbocycles. The van der Waals surface area contributed by atoms with Crippen LogP contribution in [0.25, 0.3) is 0 Å². The number of unbranched alkanes of at least 4 members (excludes halogenated alkanes) is 2. The number of allylic oxidation sites excluding steroid dienone is 1. The lowest BCUT2D eigenvalue weighted by molar-refractivity contribution is 0.693. The standard InChI is InChI=1S/C12H26N4/c1-11(2)7-6-10-16-12(14)15-9-5-3-4-8-13/h7H,3-6,8-10,13H2,1-2H3,(H3,14,15,16). The Morgan fingerprint density at radius 3 is 2.62 bits per heavy atom. The first-order chi connectivity index (χ1) is 7.66. The van der Waals surface area contributed by atoms with Gasteiger partial charge in [0.05, 0.1) is 0 Å². The highest BCUT2D eigenvalue weighted by Crippen LogP contribution is 1.93. The van der Waals surface area contributed by atoms with Crippen molar-refractivity contribution in [3.05, 3.63) is 11.6 Å². The molecule has 0 aromatic carbocycles. The summed E-state index contributed by atoms with van der Waals surface area (Å²) in [7, 11) is 0. The molecule has 0 aromatic rings. The average molecular weight is 226 g/mol. The molecule has 16 heavy (non-hydrogen) atoms. The van der Waals surface area contributed by atoms with E-state index in [0.29, 0.717) is 5.96 Å². The van der Waals surface area contributed by atoms with E-state index < -0.39 is 0 Å². The van der Waals surface area contributed by atoms with E-state index in [-0.39, 0.29) is 0 Å². The minimum Gasteiger partial charge on any atom is -0.370 e. The Labute approximate surface area is 99.2 Å². The first kappa shape index (κ1) is 15.0. The third-order valence-corrected chi connectivity index (χ3v) is 2.15. The van der Waals surface area contributed by atoms with Crippen LogP contribution >= 0.6 is 0 Å².